The summed E-state index contributed by atoms with van der Waals surface area (Å²) in [5.74, 6) is 0.617. The molecule has 0 aliphatic carbocycles. The summed E-state index contributed by atoms with van der Waals surface area (Å²) in [6.07, 6.45) is 4.72. The highest BCUT2D eigenvalue weighted by Gasteiger charge is 2.57. The minimum absolute atomic E-state index is 0.0201. The molecule has 3 aromatic rings. The van der Waals surface area contributed by atoms with Crippen molar-refractivity contribution in [3.63, 3.8) is 0 Å². The van der Waals surface area contributed by atoms with E-state index in [-0.39, 0.29) is 11.9 Å². The van der Waals surface area contributed by atoms with Crippen molar-refractivity contribution in [2.45, 2.75) is 24.6 Å². The van der Waals surface area contributed by atoms with Gasteiger partial charge in [-0.2, -0.15) is 5.10 Å². The van der Waals surface area contributed by atoms with E-state index in [9.17, 15) is 4.79 Å². The molecule has 168 valence electrons. The molecule has 3 heterocycles. The summed E-state index contributed by atoms with van der Waals surface area (Å²) < 4.78 is 6.47. The fourth-order valence-electron chi connectivity index (χ4n) is 4.61. The van der Waals surface area contributed by atoms with Gasteiger partial charge in [-0.1, -0.05) is 84.9 Å². The second-order valence-electron chi connectivity index (χ2n) is 8.56. The number of para-hydroxylation sites is 1. The fraction of sp³-hybridized carbons (Fsp3) is 0.143. The number of fused-ring (bicyclic) bond motifs is 4. The van der Waals surface area contributed by atoms with Crippen LogP contribution in [0.3, 0.4) is 0 Å². The highest BCUT2D eigenvalue weighted by atomic mass is 32.2. The Labute approximate surface area is 202 Å². The van der Waals surface area contributed by atoms with Crippen LogP contribution < -0.4 is 10.1 Å². The maximum absolute atomic E-state index is 13.1. The monoisotopic (exact) mass is 465 g/mol. The minimum atomic E-state index is -1.12. The lowest BCUT2D eigenvalue weighted by atomic mass is 9.97. The molecule has 0 radical (unpaired) electrons. The molecular formula is C28H23N3O2S. The lowest BCUT2D eigenvalue weighted by molar-refractivity contribution is -0.127. The van der Waals surface area contributed by atoms with Crippen molar-refractivity contribution < 1.29 is 9.53 Å². The number of allylic oxidation sites excluding steroid dienone is 2. The van der Waals surface area contributed by atoms with Crippen LogP contribution in [-0.4, -0.2) is 21.8 Å². The van der Waals surface area contributed by atoms with Crippen molar-refractivity contribution in [1.82, 2.24) is 10.3 Å². The standard InChI is InChI=1S/C28H23N3O2S/c1-19(16-20-10-4-2-5-11-20)17-26-27(32)29-28(34-26)31-24(22-14-8-9-15-25(22)33-28)18-23(30-31)21-12-6-3-7-13-21/h2-17,24H,18H2,1H3,(H,29,32)/b19-16+,26-17-/t24-,28+/m1/s1. The number of nitrogens with zero attached hydrogens (tertiary/aromatic N) is 2. The van der Waals surface area contributed by atoms with E-state index in [1.807, 2.05) is 84.7 Å². The number of rotatable bonds is 3. The molecule has 0 unspecified atom stereocenters. The third-order valence-electron chi connectivity index (χ3n) is 6.14. The van der Waals surface area contributed by atoms with E-state index < -0.39 is 5.18 Å². The summed E-state index contributed by atoms with van der Waals surface area (Å²) in [7, 11) is 0. The van der Waals surface area contributed by atoms with Gasteiger partial charge in [0.25, 0.3) is 5.91 Å². The van der Waals surface area contributed by atoms with Crippen LogP contribution in [0.25, 0.3) is 6.08 Å². The SMILES string of the molecule is CC(/C=C1\S[C@]2(NC1=O)Oc1ccccc1[C@H]1CC(c3ccccc3)=NN12)=C\c1ccccc1. The summed E-state index contributed by atoms with van der Waals surface area (Å²) in [6, 6.07) is 28.3. The van der Waals surface area contributed by atoms with E-state index in [1.54, 1.807) is 0 Å². The highest BCUT2D eigenvalue weighted by Crippen LogP contribution is 2.53. The molecule has 6 heteroatoms. The van der Waals surface area contributed by atoms with Crippen LogP contribution in [0.4, 0.5) is 0 Å². The van der Waals surface area contributed by atoms with E-state index in [0.717, 1.165) is 40.1 Å². The first-order chi connectivity index (χ1) is 16.6. The minimum Gasteiger partial charge on any atom is -0.439 e. The number of ether oxygens (including phenoxy) is 1. The van der Waals surface area contributed by atoms with Gasteiger partial charge >= 0.3 is 5.18 Å². The first kappa shape index (κ1) is 20.8. The Morgan fingerprint density at radius 1 is 1.06 bits per heavy atom. The van der Waals surface area contributed by atoms with E-state index in [1.165, 1.54) is 11.8 Å². The number of thioether (sulfide) groups is 1. The Hall–Kier alpha value is -3.77. The molecule has 34 heavy (non-hydrogen) atoms. The number of nitrogens with one attached hydrogen (secondary N) is 1. The van der Waals surface area contributed by atoms with Gasteiger partial charge < -0.3 is 4.74 Å². The Morgan fingerprint density at radius 2 is 1.76 bits per heavy atom. The molecule has 1 N–H and O–H groups in total. The summed E-state index contributed by atoms with van der Waals surface area (Å²) in [6.45, 7) is 2.00. The van der Waals surface area contributed by atoms with Gasteiger partial charge in [-0.05, 0) is 47.5 Å². The van der Waals surface area contributed by atoms with Gasteiger partial charge in [-0.3, -0.25) is 10.1 Å². The maximum Gasteiger partial charge on any atom is 0.336 e. The van der Waals surface area contributed by atoms with Crippen molar-refractivity contribution in [3.8, 4) is 5.75 Å². The zero-order chi connectivity index (χ0) is 23.1. The predicted molar refractivity (Wildman–Crippen MR) is 136 cm³/mol. The van der Waals surface area contributed by atoms with Gasteiger partial charge in [0.1, 0.15) is 5.75 Å². The number of benzene rings is 3. The highest BCUT2D eigenvalue weighted by molar-refractivity contribution is 8.05. The lowest BCUT2D eigenvalue weighted by Crippen LogP contribution is -2.58. The normalized spacial score (nSPS) is 24.5. The summed E-state index contributed by atoms with van der Waals surface area (Å²) >= 11 is 1.37. The predicted octanol–water partition coefficient (Wildman–Crippen LogP) is 5.69. The molecule has 1 saturated heterocycles. The quantitative estimate of drug-likeness (QED) is 0.505. The zero-order valence-electron chi connectivity index (χ0n) is 18.6. The Bertz CT molecular complexity index is 1350. The molecule has 0 aromatic heterocycles. The van der Waals surface area contributed by atoms with Crippen LogP contribution >= 0.6 is 11.8 Å². The molecule has 3 aromatic carbocycles. The number of carbonyl (C=O) groups is 1. The Morgan fingerprint density at radius 3 is 2.56 bits per heavy atom. The van der Waals surface area contributed by atoms with Crippen molar-refractivity contribution in [2.24, 2.45) is 5.10 Å². The molecule has 1 spiro atoms. The molecule has 5 nitrogen and oxygen atoms in total. The number of hydrazone groups is 1. The van der Waals surface area contributed by atoms with Gasteiger partial charge in [0.2, 0.25) is 0 Å². The van der Waals surface area contributed by atoms with Crippen molar-refractivity contribution in [3.05, 3.63) is 118 Å². The van der Waals surface area contributed by atoms with Crippen molar-refractivity contribution in [1.29, 1.82) is 0 Å². The average molecular weight is 466 g/mol. The van der Waals surface area contributed by atoms with Gasteiger partial charge in [-0.25, -0.2) is 5.01 Å². The number of hydrogen-bond donors (Lipinski definition) is 1. The van der Waals surface area contributed by atoms with E-state index in [2.05, 4.69) is 29.6 Å². The van der Waals surface area contributed by atoms with Crippen molar-refractivity contribution in [2.75, 3.05) is 0 Å². The van der Waals surface area contributed by atoms with E-state index in [0.29, 0.717) is 4.91 Å². The Kier molecular flexibility index (Phi) is 5.03. The van der Waals surface area contributed by atoms with Crippen LogP contribution in [0, 0.1) is 0 Å². The van der Waals surface area contributed by atoms with E-state index in [4.69, 9.17) is 9.84 Å². The summed E-state index contributed by atoms with van der Waals surface area (Å²) in [4.78, 5) is 13.7. The van der Waals surface area contributed by atoms with Crippen molar-refractivity contribution >= 4 is 29.5 Å². The molecule has 3 aliphatic rings. The smallest absolute Gasteiger partial charge is 0.336 e. The third kappa shape index (κ3) is 3.60. The molecular weight excluding hydrogens is 442 g/mol. The number of amides is 1. The second-order valence-corrected chi connectivity index (χ2v) is 9.76. The molecule has 3 aliphatic heterocycles. The summed E-state index contributed by atoms with van der Waals surface area (Å²) in [5.41, 5.74) is 5.22. The third-order valence-corrected chi connectivity index (χ3v) is 7.31. The fourth-order valence-corrected chi connectivity index (χ4v) is 5.83. The molecule has 2 atom stereocenters. The van der Waals surface area contributed by atoms with Gasteiger partial charge in [0, 0.05) is 12.0 Å². The van der Waals surface area contributed by atoms with Crippen LogP contribution in [0.2, 0.25) is 0 Å². The number of carbonyl (C=O) groups excluding carboxylic acids is 1. The van der Waals surface area contributed by atoms with Gasteiger partial charge in [0.15, 0.2) is 0 Å². The zero-order valence-corrected chi connectivity index (χ0v) is 19.5. The molecule has 0 saturated carbocycles. The molecule has 6 rings (SSSR count). The Balaban J connectivity index is 1.38. The maximum atomic E-state index is 13.1. The van der Waals surface area contributed by atoms with Crippen LogP contribution in [0.1, 0.15) is 36.1 Å². The lowest BCUT2D eigenvalue weighted by Gasteiger charge is -2.43. The van der Waals surface area contributed by atoms with Gasteiger partial charge in [0.05, 0.1) is 16.7 Å². The van der Waals surface area contributed by atoms with Crippen LogP contribution in [0.15, 0.2) is 107 Å². The average Bonchev–Trinajstić information content (AvgIpc) is 3.43. The number of hydrogen-bond acceptors (Lipinski definition) is 5. The largest absolute Gasteiger partial charge is 0.439 e. The van der Waals surface area contributed by atoms with E-state index >= 15 is 0 Å². The molecule has 0 bridgehead atoms. The topological polar surface area (TPSA) is 53.9 Å². The second kappa shape index (κ2) is 8.22. The van der Waals surface area contributed by atoms with Crippen LogP contribution in [-0.2, 0) is 4.79 Å². The first-order valence-corrected chi connectivity index (χ1v) is 12.1. The molecule has 1 fully saturated rings. The van der Waals surface area contributed by atoms with Crippen LogP contribution in [0.5, 0.6) is 5.75 Å². The van der Waals surface area contributed by atoms with Gasteiger partial charge in [-0.15, -0.1) is 0 Å². The summed E-state index contributed by atoms with van der Waals surface area (Å²) in [5, 5.41) is 8.88. The molecule has 1 amide bonds. The first-order valence-electron chi connectivity index (χ1n) is 11.3.